The molecular weight excluding hydrogens is 242 g/mol. The lowest BCUT2D eigenvalue weighted by molar-refractivity contribution is -0.384. The summed E-state index contributed by atoms with van der Waals surface area (Å²) in [6.45, 7) is 4.44. The number of nitro benzene ring substituents is 1. The summed E-state index contributed by atoms with van der Waals surface area (Å²) < 4.78 is 0. The second-order valence-corrected chi connectivity index (χ2v) is 5.28. The molecule has 2 atom stereocenters. The standard InChI is InChI=1S/C14H21N3O2/c1-10-5-3-8-13(14(10)17(18)19)16-11(2)6-4-7-12(16)9-15/h3,5,8,11-12H,4,6-7,9,15H2,1-2H3. The van der Waals surface area contributed by atoms with Crippen LogP contribution in [0.5, 0.6) is 0 Å². The lowest BCUT2D eigenvalue weighted by Crippen LogP contribution is -2.49. The Bertz CT molecular complexity index is 476. The third kappa shape index (κ3) is 2.56. The molecule has 2 unspecified atom stereocenters. The van der Waals surface area contributed by atoms with Crippen molar-refractivity contribution in [2.24, 2.45) is 5.73 Å². The van der Waals surface area contributed by atoms with Crippen molar-refractivity contribution in [2.45, 2.75) is 45.2 Å². The molecule has 0 amide bonds. The zero-order valence-corrected chi connectivity index (χ0v) is 11.5. The van der Waals surface area contributed by atoms with Gasteiger partial charge in [-0.25, -0.2) is 0 Å². The van der Waals surface area contributed by atoms with Gasteiger partial charge in [-0.2, -0.15) is 0 Å². The first-order valence-electron chi connectivity index (χ1n) is 6.78. The van der Waals surface area contributed by atoms with E-state index in [1.54, 1.807) is 13.0 Å². The van der Waals surface area contributed by atoms with E-state index in [1.165, 1.54) is 0 Å². The third-order valence-electron chi connectivity index (χ3n) is 3.98. The molecule has 2 rings (SSSR count). The number of hydrogen-bond donors (Lipinski definition) is 1. The highest BCUT2D eigenvalue weighted by Crippen LogP contribution is 2.37. The average molecular weight is 263 g/mol. The van der Waals surface area contributed by atoms with Crippen LogP contribution < -0.4 is 10.6 Å². The Hall–Kier alpha value is -1.62. The average Bonchev–Trinajstić information content (AvgIpc) is 2.37. The highest BCUT2D eigenvalue weighted by Gasteiger charge is 2.32. The number of benzene rings is 1. The molecule has 1 fully saturated rings. The van der Waals surface area contributed by atoms with Crippen LogP contribution in [0, 0.1) is 17.0 Å². The summed E-state index contributed by atoms with van der Waals surface area (Å²) in [7, 11) is 0. The molecule has 0 aromatic heterocycles. The lowest BCUT2D eigenvalue weighted by atomic mass is 9.95. The number of nitro groups is 1. The third-order valence-corrected chi connectivity index (χ3v) is 3.98. The van der Waals surface area contributed by atoms with Gasteiger partial charge in [-0.05, 0) is 39.2 Å². The number of hydrogen-bond acceptors (Lipinski definition) is 4. The first kappa shape index (κ1) is 13.8. The van der Waals surface area contributed by atoms with Crippen LogP contribution in [0.2, 0.25) is 0 Å². The minimum atomic E-state index is -0.278. The molecule has 0 spiro atoms. The van der Waals surface area contributed by atoms with E-state index >= 15 is 0 Å². The fourth-order valence-electron chi connectivity index (χ4n) is 3.04. The molecule has 0 saturated carbocycles. The minimum absolute atomic E-state index is 0.198. The summed E-state index contributed by atoms with van der Waals surface area (Å²) in [5.74, 6) is 0. The van der Waals surface area contributed by atoms with Gasteiger partial charge in [-0.3, -0.25) is 10.1 Å². The number of aryl methyl sites for hydroxylation is 1. The Morgan fingerprint density at radius 1 is 1.47 bits per heavy atom. The maximum absolute atomic E-state index is 11.3. The van der Waals surface area contributed by atoms with Crippen molar-refractivity contribution in [2.75, 3.05) is 11.4 Å². The van der Waals surface area contributed by atoms with Gasteiger partial charge < -0.3 is 10.6 Å². The molecule has 19 heavy (non-hydrogen) atoms. The summed E-state index contributed by atoms with van der Waals surface area (Å²) in [5, 5.41) is 11.3. The van der Waals surface area contributed by atoms with Crippen molar-refractivity contribution in [3.63, 3.8) is 0 Å². The van der Waals surface area contributed by atoms with Gasteiger partial charge in [0.1, 0.15) is 5.69 Å². The van der Waals surface area contributed by atoms with E-state index in [0.29, 0.717) is 23.8 Å². The molecule has 2 N–H and O–H groups in total. The molecular formula is C14H21N3O2. The fraction of sp³-hybridized carbons (Fsp3) is 0.571. The quantitative estimate of drug-likeness (QED) is 0.672. The van der Waals surface area contributed by atoms with Crippen LogP contribution in [0.25, 0.3) is 0 Å². The van der Waals surface area contributed by atoms with Gasteiger partial charge in [0.15, 0.2) is 0 Å². The van der Waals surface area contributed by atoms with E-state index in [9.17, 15) is 10.1 Å². The predicted molar refractivity (Wildman–Crippen MR) is 76.5 cm³/mol. The zero-order valence-electron chi connectivity index (χ0n) is 11.5. The minimum Gasteiger partial charge on any atom is -0.359 e. The maximum Gasteiger partial charge on any atom is 0.295 e. The number of anilines is 1. The van der Waals surface area contributed by atoms with Crippen LogP contribution in [0.3, 0.4) is 0 Å². The number of nitrogens with zero attached hydrogens (tertiary/aromatic N) is 2. The van der Waals surface area contributed by atoms with Gasteiger partial charge in [0.25, 0.3) is 5.69 Å². The van der Waals surface area contributed by atoms with E-state index in [-0.39, 0.29) is 16.7 Å². The number of rotatable bonds is 3. The molecule has 0 aliphatic carbocycles. The number of piperidine rings is 1. The normalized spacial score (nSPS) is 23.4. The van der Waals surface area contributed by atoms with Crippen molar-refractivity contribution in [1.82, 2.24) is 0 Å². The summed E-state index contributed by atoms with van der Waals surface area (Å²) >= 11 is 0. The molecule has 0 radical (unpaired) electrons. The van der Waals surface area contributed by atoms with E-state index in [1.807, 2.05) is 12.1 Å². The Morgan fingerprint density at radius 2 is 2.21 bits per heavy atom. The summed E-state index contributed by atoms with van der Waals surface area (Å²) in [4.78, 5) is 13.2. The second-order valence-electron chi connectivity index (χ2n) is 5.28. The highest BCUT2D eigenvalue weighted by atomic mass is 16.6. The van der Waals surface area contributed by atoms with E-state index in [2.05, 4.69) is 11.8 Å². The molecule has 0 bridgehead atoms. The number of nitrogens with two attached hydrogens (primary N) is 1. The smallest absolute Gasteiger partial charge is 0.295 e. The largest absolute Gasteiger partial charge is 0.359 e. The zero-order chi connectivity index (χ0) is 14.0. The van der Waals surface area contributed by atoms with Crippen molar-refractivity contribution in [3.05, 3.63) is 33.9 Å². The van der Waals surface area contributed by atoms with Crippen molar-refractivity contribution >= 4 is 11.4 Å². The lowest BCUT2D eigenvalue weighted by Gasteiger charge is -2.41. The predicted octanol–water partition coefficient (Wildman–Crippen LogP) is 2.61. The van der Waals surface area contributed by atoms with Crippen LogP contribution in [-0.4, -0.2) is 23.6 Å². The molecule has 1 aromatic carbocycles. The van der Waals surface area contributed by atoms with Crippen LogP contribution in [0.1, 0.15) is 31.7 Å². The van der Waals surface area contributed by atoms with Gasteiger partial charge in [-0.15, -0.1) is 0 Å². The van der Waals surface area contributed by atoms with Crippen molar-refractivity contribution < 1.29 is 4.92 Å². The summed E-state index contributed by atoms with van der Waals surface area (Å²) in [5.41, 5.74) is 7.48. The molecule has 1 aromatic rings. The fourth-order valence-corrected chi connectivity index (χ4v) is 3.04. The molecule has 5 heteroatoms. The highest BCUT2D eigenvalue weighted by molar-refractivity contribution is 5.67. The topological polar surface area (TPSA) is 72.4 Å². The molecule has 104 valence electrons. The molecule has 1 heterocycles. The monoisotopic (exact) mass is 263 g/mol. The first-order valence-corrected chi connectivity index (χ1v) is 6.78. The number of para-hydroxylation sites is 1. The Kier molecular flexibility index (Phi) is 4.04. The first-order chi connectivity index (χ1) is 9.06. The molecule has 1 aliphatic heterocycles. The summed E-state index contributed by atoms with van der Waals surface area (Å²) in [6.07, 6.45) is 3.20. The van der Waals surface area contributed by atoms with E-state index in [4.69, 9.17) is 5.73 Å². The van der Waals surface area contributed by atoms with Crippen molar-refractivity contribution in [3.8, 4) is 0 Å². The Balaban J connectivity index is 2.49. The van der Waals surface area contributed by atoms with Crippen LogP contribution in [0.15, 0.2) is 18.2 Å². The van der Waals surface area contributed by atoms with E-state index < -0.39 is 0 Å². The molecule has 1 saturated heterocycles. The van der Waals surface area contributed by atoms with E-state index in [0.717, 1.165) is 19.3 Å². The van der Waals surface area contributed by atoms with Crippen LogP contribution in [-0.2, 0) is 0 Å². The van der Waals surface area contributed by atoms with Gasteiger partial charge in [0.05, 0.1) is 4.92 Å². The van der Waals surface area contributed by atoms with Crippen LogP contribution in [0.4, 0.5) is 11.4 Å². The maximum atomic E-state index is 11.3. The van der Waals surface area contributed by atoms with Gasteiger partial charge >= 0.3 is 0 Å². The van der Waals surface area contributed by atoms with Gasteiger partial charge in [-0.1, -0.05) is 12.1 Å². The Morgan fingerprint density at radius 3 is 2.84 bits per heavy atom. The molecule has 5 nitrogen and oxygen atoms in total. The summed E-state index contributed by atoms with van der Waals surface area (Å²) in [6, 6.07) is 6.00. The van der Waals surface area contributed by atoms with Gasteiger partial charge in [0, 0.05) is 24.2 Å². The Labute approximate surface area is 113 Å². The SMILES string of the molecule is Cc1cccc(N2C(C)CCCC2CN)c1[N+](=O)[O-]. The molecule has 1 aliphatic rings. The van der Waals surface area contributed by atoms with Crippen molar-refractivity contribution in [1.29, 1.82) is 0 Å². The van der Waals surface area contributed by atoms with Crippen LogP contribution >= 0.6 is 0 Å². The van der Waals surface area contributed by atoms with Gasteiger partial charge in [0.2, 0.25) is 0 Å². The second kappa shape index (κ2) is 5.57.